The summed E-state index contributed by atoms with van der Waals surface area (Å²) in [6, 6.07) is 7.14. The molecule has 0 heterocycles. The van der Waals surface area contributed by atoms with Crippen LogP contribution in [0.1, 0.15) is 6.92 Å². The molecule has 0 fully saturated rings. The first kappa shape index (κ1) is 14.0. The number of hydrogen-bond acceptors (Lipinski definition) is 4. The van der Waals surface area contributed by atoms with Crippen molar-refractivity contribution in [1.29, 1.82) is 0 Å². The Morgan fingerprint density at radius 2 is 1.94 bits per heavy atom. The molecule has 0 radical (unpaired) electrons. The van der Waals surface area contributed by atoms with E-state index in [1.807, 2.05) is 31.1 Å². The lowest BCUT2D eigenvalue weighted by atomic mass is 10.3. The number of benzene rings is 1. The molecule has 0 aliphatic heterocycles. The Bertz CT molecular complexity index is 457. The summed E-state index contributed by atoms with van der Waals surface area (Å²) in [7, 11) is 0.621. The molecule has 0 aliphatic rings. The molecule has 0 aliphatic carbocycles. The van der Waals surface area contributed by atoms with Gasteiger partial charge in [0, 0.05) is 20.1 Å². The van der Waals surface area contributed by atoms with Crippen LogP contribution in [0, 0.1) is 0 Å². The van der Waals surface area contributed by atoms with Crippen LogP contribution in [0.2, 0.25) is 0 Å². The highest BCUT2D eigenvalue weighted by Crippen LogP contribution is 2.24. The van der Waals surface area contributed by atoms with Crippen molar-refractivity contribution in [2.45, 2.75) is 11.8 Å². The van der Waals surface area contributed by atoms with Crippen LogP contribution < -0.4 is 10.2 Å². The van der Waals surface area contributed by atoms with Crippen molar-refractivity contribution in [3.8, 4) is 0 Å². The van der Waals surface area contributed by atoms with Crippen LogP contribution in [0.3, 0.4) is 0 Å². The quantitative estimate of drug-likeness (QED) is 0.829. The first-order valence-electron chi connectivity index (χ1n) is 5.70. The van der Waals surface area contributed by atoms with Gasteiger partial charge in [0.1, 0.15) is 0 Å². The van der Waals surface area contributed by atoms with Gasteiger partial charge in [0.15, 0.2) is 9.84 Å². The van der Waals surface area contributed by atoms with Crippen molar-refractivity contribution < 1.29 is 8.42 Å². The van der Waals surface area contributed by atoms with E-state index in [1.54, 1.807) is 19.1 Å². The van der Waals surface area contributed by atoms with E-state index in [-0.39, 0.29) is 5.75 Å². The Morgan fingerprint density at radius 1 is 1.29 bits per heavy atom. The fourth-order valence-corrected chi connectivity index (χ4v) is 2.73. The second-order valence-electron chi connectivity index (χ2n) is 3.90. The van der Waals surface area contributed by atoms with Crippen molar-refractivity contribution in [3.63, 3.8) is 0 Å². The molecule has 17 heavy (non-hydrogen) atoms. The van der Waals surface area contributed by atoms with Gasteiger partial charge in [-0.25, -0.2) is 8.42 Å². The van der Waals surface area contributed by atoms with Gasteiger partial charge in [-0.1, -0.05) is 19.1 Å². The molecule has 96 valence electrons. The lowest BCUT2D eigenvalue weighted by Gasteiger charge is -2.21. The van der Waals surface area contributed by atoms with E-state index in [9.17, 15) is 8.42 Å². The lowest BCUT2D eigenvalue weighted by molar-refractivity contribution is 0.597. The average molecular weight is 256 g/mol. The number of nitrogens with zero attached hydrogens (tertiary/aromatic N) is 1. The summed E-state index contributed by atoms with van der Waals surface area (Å²) in [6.07, 6.45) is 0. The zero-order valence-electron chi connectivity index (χ0n) is 10.6. The molecule has 0 saturated carbocycles. The van der Waals surface area contributed by atoms with E-state index in [2.05, 4.69) is 5.32 Å². The van der Waals surface area contributed by atoms with Crippen molar-refractivity contribution in [3.05, 3.63) is 24.3 Å². The predicted octanol–water partition coefficient (Wildman–Crippen LogP) is 1.14. The van der Waals surface area contributed by atoms with Gasteiger partial charge >= 0.3 is 0 Å². The number of sulfone groups is 1. The predicted molar refractivity (Wildman–Crippen MR) is 71.4 cm³/mol. The second-order valence-corrected chi connectivity index (χ2v) is 6.14. The molecular formula is C12H20N2O2S. The Labute approximate surface area is 104 Å². The summed E-state index contributed by atoms with van der Waals surface area (Å²) < 4.78 is 23.9. The van der Waals surface area contributed by atoms with E-state index >= 15 is 0 Å². The third-order valence-corrected chi connectivity index (χ3v) is 4.46. The Hall–Kier alpha value is -1.07. The highest BCUT2D eigenvalue weighted by molar-refractivity contribution is 7.91. The zero-order chi connectivity index (χ0) is 12.9. The van der Waals surface area contributed by atoms with Gasteiger partial charge in [0.25, 0.3) is 0 Å². The van der Waals surface area contributed by atoms with Crippen molar-refractivity contribution in [2.75, 3.05) is 37.8 Å². The lowest BCUT2D eigenvalue weighted by Crippen LogP contribution is -2.28. The SMILES string of the molecule is CCS(=O)(=O)c1ccccc1N(C)CCNC. The molecule has 0 bridgehead atoms. The van der Waals surface area contributed by atoms with Crippen molar-refractivity contribution in [2.24, 2.45) is 0 Å². The molecular weight excluding hydrogens is 236 g/mol. The van der Waals surface area contributed by atoms with E-state index in [0.29, 0.717) is 4.90 Å². The highest BCUT2D eigenvalue weighted by atomic mass is 32.2. The summed E-state index contributed by atoms with van der Waals surface area (Å²) in [4.78, 5) is 2.38. The van der Waals surface area contributed by atoms with Crippen LogP contribution in [0.5, 0.6) is 0 Å². The van der Waals surface area contributed by atoms with Gasteiger partial charge < -0.3 is 10.2 Å². The fraction of sp³-hybridized carbons (Fsp3) is 0.500. The molecule has 5 heteroatoms. The number of hydrogen-bond donors (Lipinski definition) is 1. The minimum atomic E-state index is -3.16. The second kappa shape index (κ2) is 6.02. The summed E-state index contributed by atoms with van der Waals surface area (Å²) in [5.41, 5.74) is 0.768. The van der Waals surface area contributed by atoms with Gasteiger partial charge in [-0.05, 0) is 19.2 Å². The van der Waals surface area contributed by atoms with E-state index in [4.69, 9.17) is 0 Å². The van der Waals surface area contributed by atoms with Gasteiger partial charge in [-0.15, -0.1) is 0 Å². The van der Waals surface area contributed by atoms with E-state index < -0.39 is 9.84 Å². The number of anilines is 1. The molecule has 0 atom stereocenters. The summed E-state index contributed by atoms with van der Waals surface area (Å²) in [6.45, 7) is 3.25. The van der Waals surface area contributed by atoms with Crippen LogP contribution in [0.4, 0.5) is 5.69 Å². The molecule has 0 saturated heterocycles. The molecule has 0 spiro atoms. The number of rotatable bonds is 6. The van der Waals surface area contributed by atoms with Crippen LogP contribution >= 0.6 is 0 Å². The maximum atomic E-state index is 12.0. The Morgan fingerprint density at radius 3 is 2.53 bits per heavy atom. The fourth-order valence-electron chi connectivity index (χ4n) is 1.59. The largest absolute Gasteiger partial charge is 0.372 e. The Kier molecular flexibility index (Phi) is 4.96. The first-order chi connectivity index (χ1) is 8.03. The first-order valence-corrected chi connectivity index (χ1v) is 7.35. The number of para-hydroxylation sites is 1. The van der Waals surface area contributed by atoms with Crippen molar-refractivity contribution in [1.82, 2.24) is 5.32 Å². The number of likely N-dealkylation sites (N-methyl/N-ethyl adjacent to an activating group) is 2. The average Bonchev–Trinajstić information content (AvgIpc) is 2.36. The minimum Gasteiger partial charge on any atom is -0.372 e. The highest BCUT2D eigenvalue weighted by Gasteiger charge is 2.17. The molecule has 0 amide bonds. The maximum Gasteiger partial charge on any atom is 0.180 e. The molecule has 1 N–H and O–H groups in total. The monoisotopic (exact) mass is 256 g/mol. The van der Waals surface area contributed by atoms with Gasteiger partial charge in [0.05, 0.1) is 16.3 Å². The van der Waals surface area contributed by atoms with E-state index in [1.165, 1.54) is 0 Å². The Balaban J connectivity index is 3.08. The number of nitrogens with one attached hydrogen (secondary N) is 1. The van der Waals surface area contributed by atoms with Gasteiger partial charge in [0.2, 0.25) is 0 Å². The van der Waals surface area contributed by atoms with Gasteiger partial charge in [-0.2, -0.15) is 0 Å². The van der Waals surface area contributed by atoms with Crippen LogP contribution in [0.25, 0.3) is 0 Å². The standard InChI is InChI=1S/C12H20N2O2S/c1-4-17(15,16)12-8-6-5-7-11(12)14(3)10-9-13-2/h5-8,13H,4,9-10H2,1-3H3. The summed E-state index contributed by atoms with van der Waals surface area (Å²) >= 11 is 0. The van der Waals surface area contributed by atoms with Gasteiger partial charge in [-0.3, -0.25) is 0 Å². The molecule has 1 rings (SSSR count). The van der Waals surface area contributed by atoms with E-state index in [0.717, 1.165) is 18.8 Å². The van der Waals surface area contributed by atoms with Crippen LogP contribution in [0.15, 0.2) is 29.2 Å². The zero-order valence-corrected chi connectivity index (χ0v) is 11.4. The molecule has 1 aromatic rings. The summed E-state index contributed by atoms with van der Waals surface area (Å²) in [5, 5.41) is 3.05. The van der Waals surface area contributed by atoms with Crippen LogP contribution in [-0.4, -0.2) is 41.4 Å². The third-order valence-electron chi connectivity index (χ3n) is 2.69. The maximum absolute atomic E-state index is 12.0. The molecule has 1 aromatic carbocycles. The normalized spacial score (nSPS) is 11.5. The van der Waals surface area contributed by atoms with Crippen LogP contribution in [-0.2, 0) is 9.84 Å². The molecule has 4 nitrogen and oxygen atoms in total. The summed E-state index contributed by atoms with van der Waals surface area (Å²) in [5.74, 6) is 0.129. The van der Waals surface area contributed by atoms with Crippen molar-refractivity contribution >= 4 is 15.5 Å². The topological polar surface area (TPSA) is 49.4 Å². The molecule has 0 aromatic heterocycles. The molecule has 0 unspecified atom stereocenters. The minimum absolute atomic E-state index is 0.129. The smallest absolute Gasteiger partial charge is 0.180 e. The third kappa shape index (κ3) is 3.44.